The Morgan fingerprint density at radius 1 is 0.848 bits per heavy atom. The standard InChI is InChI=1S/C36H40N2O8/c1-36(23-46-36)33(40)30(18-24-9-5-3-6-10-24)37-34(41)27(17-25-13-15-29(43-2)16-14-25)19-31(39)32(28-21-44-22-28)38-35(42)45-20-26-11-7-4-8-12-26/h3-16,27-28,30,32H,17-23H2,1-2H3,(H,37,41)(H,38,42). The third-order valence-electron chi connectivity index (χ3n) is 8.44. The average Bonchev–Trinajstić information content (AvgIpc) is 3.81. The molecule has 10 heteroatoms. The van der Waals surface area contributed by atoms with Crippen LogP contribution in [0.2, 0.25) is 0 Å². The zero-order valence-corrected chi connectivity index (χ0v) is 26.1. The molecule has 242 valence electrons. The van der Waals surface area contributed by atoms with E-state index in [0.29, 0.717) is 19.0 Å². The van der Waals surface area contributed by atoms with Crippen LogP contribution < -0.4 is 15.4 Å². The van der Waals surface area contributed by atoms with E-state index in [2.05, 4.69) is 10.6 Å². The summed E-state index contributed by atoms with van der Waals surface area (Å²) in [5, 5.41) is 5.68. The van der Waals surface area contributed by atoms with Gasteiger partial charge in [0.05, 0.1) is 39.0 Å². The first-order valence-electron chi connectivity index (χ1n) is 15.5. The minimum Gasteiger partial charge on any atom is -0.497 e. The van der Waals surface area contributed by atoms with Crippen molar-refractivity contribution < 1.29 is 38.1 Å². The number of rotatable bonds is 16. The van der Waals surface area contributed by atoms with Gasteiger partial charge in [-0.1, -0.05) is 72.8 Å². The Morgan fingerprint density at radius 2 is 1.46 bits per heavy atom. The minimum atomic E-state index is -0.951. The quantitative estimate of drug-likeness (QED) is 0.229. The van der Waals surface area contributed by atoms with Crippen molar-refractivity contribution in [3.63, 3.8) is 0 Å². The van der Waals surface area contributed by atoms with Gasteiger partial charge >= 0.3 is 6.09 Å². The van der Waals surface area contributed by atoms with E-state index in [1.54, 1.807) is 26.2 Å². The van der Waals surface area contributed by atoms with Gasteiger partial charge < -0.3 is 29.6 Å². The molecule has 3 aromatic carbocycles. The molecule has 2 aliphatic rings. The van der Waals surface area contributed by atoms with Crippen LogP contribution in [0.15, 0.2) is 84.9 Å². The van der Waals surface area contributed by atoms with E-state index < -0.39 is 35.6 Å². The molecule has 2 N–H and O–H groups in total. The van der Waals surface area contributed by atoms with Crippen LogP contribution in [0, 0.1) is 11.8 Å². The molecular formula is C36H40N2O8. The van der Waals surface area contributed by atoms with E-state index in [1.165, 1.54) is 0 Å². The number of nitrogens with one attached hydrogen (secondary N) is 2. The predicted octanol–water partition coefficient (Wildman–Crippen LogP) is 3.84. The number of alkyl carbamates (subject to hydrolysis) is 1. The van der Waals surface area contributed by atoms with Gasteiger partial charge in [0.15, 0.2) is 11.6 Å². The number of hydrogen-bond donors (Lipinski definition) is 2. The van der Waals surface area contributed by atoms with Gasteiger partial charge in [0, 0.05) is 18.3 Å². The van der Waals surface area contributed by atoms with Gasteiger partial charge in [-0.2, -0.15) is 0 Å². The highest BCUT2D eigenvalue weighted by Crippen LogP contribution is 2.30. The Kier molecular flexibility index (Phi) is 10.8. The largest absolute Gasteiger partial charge is 0.497 e. The number of hydrogen-bond acceptors (Lipinski definition) is 8. The fourth-order valence-corrected chi connectivity index (χ4v) is 5.44. The van der Waals surface area contributed by atoms with Gasteiger partial charge in [-0.25, -0.2) is 4.79 Å². The monoisotopic (exact) mass is 628 g/mol. The molecule has 0 spiro atoms. The van der Waals surface area contributed by atoms with Crippen molar-refractivity contribution in [3.8, 4) is 5.75 Å². The van der Waals surface area contributed by atoms with Crippen molar-refractivity contribution in [2.24, 2.45) is 11.8 Å². The summed E-state index contributed by atoms with van der Waals surface area (Å²) < 4.78 is 21.4. The Balaban J connectivity index is 1.32. The van der Waals surface area contributed by atoms with E-state index in [1.807, 2.05) is 72.8 Å². The first-order chi connectivity index (χ1) is 22.2. The van der Waals surface area contributed by atoms with Crippen molar-refractivity contribution in [2.75, 3.05) is 26.9 Å². The Morgan fingerprint density at radius 3 is 2.02 bits per heavy atom. The number of Topliss-reactive ketones (excluding diaryl/α,β-unsaturated/α-hetero) is 2. The minimum absolute atomic E-state index is 0.0523. The Hall–Kier alpha value is -4.54. The molecule has 46 heavy (non-hydrogen) atoms. The number of carbonyl (C=O) groups excluding carboxylic acids is 4. The van der Waals surface area contributed by atoms with Crippen LogP contribution >= 0.6 is 0 Å². The van der Waals surface area contributed by atoms with E-state index >= 15 is 0 Å². The molecule has 0 bridgehead atoms. The lowest BCUT2D eigenvalue weighted by Gasteiger charge is -2.33. The molecular weight excluding hydrogens is 588 g/mol. The Labute approximate surface area is 268 Å². The lowest BCUT2D eigenvalue weighted by atomic mass is 9.86. The summed E-state index contributed by atoms with van der Waals surface area (Å²) >= 11 is 0. The van der Waals surface area contributed by atoms with Crippen molar-refractivity contribution in [1.82, 2.24) is 10.6 Å². The third-order valence-corrected chi connectivity index (χ3v) is 8.44. The molecule has 4 unspecified atom stereocenters. The number of ketones is 2. The molecule has 0 aromatic heterocycles. The summed E-state index contributed by atoms with van der Waals surface area (Å²) in [5.74, 6) is -1.38. The Bertz CT molecular complexity index is 1490. The number of amides is 2. The van der Waals surface area contributed by atoms with Gasteiger partial charge in [0.2, 0.25) is 5.91 Å². The SMILES string of the molecule is COc1ccc(CC(CC(=O)C(NC(=O)OCc2ccccc2)C2COC2)C(=O)NC(Cc2ccccc2)C(=O)C2(C)CO2)cc1. The van der Waals surface area contributed by atoms with Gasteiger partial charge in [0.1, 0.15) is 18.0 Å². The van der Waals surface area contributed by atoms with Gasteiger partial charge in [0.25, 0.3) is 0 Å². The predicted molar refractivity (Wildman–Crippen MR) is 169 cm³/mol. The number of benzene rings is 3. The molecule has 3 aromatic rings. The summed E-state index contributed by atoms with van der Waals surface area (Å²) in [6.07, 6.45) is -0.382. The van der Waals surface area contributed by atoms with Crippen LogP contribution in [0.1, 0.15) is 30.0 Å². The summed E-state index contributed by atoms with van der Waals surface area (Å²) in [5.41, 5.74) is 1.56. The third kappa shape index (κ3) is 8.80. The van der Waals surface area contributed by atoms with Gasteiger partial charge in [-0.3, -0.25) is 14.4 Å². The average molecular weight is 629 g/mol. The number of epoxide rings is 1. The van der Waals surface area contributed by atoms with E-state index in [9.17, 15) is 19.2 Å². The van der Waals surface area contributed by atoms with Crippen molar-refractivity contribution >= 4 is 23.6 Å². The highest BCUT2D eigenvalue weighted by molar-refractivity contribution is 5.98. The molecule has 2 amide bonds. The van der Waals surface area contributed by atoms with Crippen LogP contribution in [0.4, 0.5) is 4.79 Å². The van der Waals surface area contributed by atoms with E-state index in [0.717, 1.165) is 16.7 Å². The smallest absolute Gasteiger partial charge is 0.408 e. The number of methoxy groups -OCH3 is 1. The van der Waals surface area contributed by atoms with Crippen LogP contribution in [-0.4, -0.2) is 68.2 Å². The topological polar surface area (TPSA) is 133 Å². The second-order valence-corrected chi connectivity index (χ2v) is 12.0. The van der Waals surface area contributed by atoms with Crippen LogP contribution in [0.5, 0.6) is 5.75 Å². The molecule has 0 aliphatic carbocycles. The molecule has 10 nitrogen and oxygen atoms in total. The zero-order valence-electron chi connectivity index (χ0n) is 26.1. The van der Waals surface area contributed by atoms with Crippen molar-refractivity contribution in [3.05, 3.63) is 102 Å². The van der Waals surface area contributed by atoms with Crippen molar-refractivity contribution in [2.45, 2.75) is 50.5 Å². The van der Waals surface area contributed by atoms with E-state index in [4.69, 9.17) is 18.9 Å². The second kappa shape index (κ2) is 15.2. The molecule has 4 atom stereocenters. The van der Waals surface area contributed by atoms with Gasteiger partial charge in [-0.15, -0.1) is 0 Å². The van der Waals surface area contributed by atoms with Crippen LogP contribution in [-0.2, 0) is 48.0 Å². The number of carbonyl (C=O) groups is 4. The second-order valence-electron chi connectivity index (χ2n) is 12.0. The molecule has 2 fully saturated rings. The zero-order chi connectivity index (χ0) is 32.5. The molecule has 2 saturated heterocycles. The maximum absolute atomic E-state index is 14.0. The molecule has 5 rings (SSSR count). The molecule has 0 saturated carbocycles. The maximum Gasteiger partial charge on any atom is 0.408 e. The van der Waals surface area contributed by atoms with Crippen LogP contribution in [0.3, 0.4) is 0 Å². The molecule has 2 heterocycles. The van der Waals surface area contributed by atoms with Gasteiger partial charge in [-0.05, 0) is 48.6 Å². The molecule has 0 radical (unpaired) electrons. The highest BCUT2D eigenvalue weighted by Gasteiger charge is 2.50. The highest BCUT2D eigenvalue weighted by atomic mass is 16.6. The summed E-state index contributed by atoms with van der Waals surface area (Å²) in [6, 6.07) is 24.2. The first-order valence-corrected chi connectivity index (χ1v) is 15.5. The lowest BCUT2D eigenvalue weighted by Crippen LogP contribution is -2.54. The maximum atomic E-state index is 14.0. The van der Waals surface area contributed by atoms with Crippen molar-refractivity contribution in [1.29, 1.82) is 0 Å². The number of ether oxygens (including phenoxy) is 4. The normalized spacial score (nSPS) is 19.1. The van der Waals surface area contributed by atoms with E-state index in [-0.39, 0.29) is 50.0 Å². The molecule has 2 aliphatic heterocycles. The van der Waals surface area contributed by atoms with Crippen LogP contribution in [0.25, 0.3) is 0 Å². The lowest BCUT2D eigenvalue weighted by molar-refractivity contribution is -0.136. The summed E-state index contributed by atoms with van der Waals surface area (Å²) in [7, 11) is 1.57. The summed E-state index contributed by atoms with van der Waals surface area (Å²) in [6.45, 7) is 2.66. The fourth-order valence-electron chi connectivity index (χ4n) is 5.44. The first kappa shape index (κ1) is 32.8. The fraction of sp³-hybridized carbons (Fsp3) is 0.389. The summed E-state index contributed by atoms with van der Waals surface area (Å²) in [4.78, 5) is 54.1.